The Balaban J connectivity index is 1.82. The van der Waals surface area contributed by atoms with E-state index < -0.39 is 28.5 Å². The molecule has 0 fully saturated rings. The monoisotopic (exact) mass is 709 g/mol. The summed E-state index contributed by atoms with van der Waals surface area (Å²) in [6, 6.07) is 27.5. The molecule has 7 nitrogen and oxygen atoms in total. The Labute approximate surface area is 279 Å². The highest BCUT2D eigenvalue weighted by Gasteiger charge is 2.35. The van der Waals surface area contributed by atoms with Crippen molar-refractivity contribution in [3.05, 3.63) is 129 Å². The Bertz CT molecular complexity index is 1720. The van der Waals surface area contributed by atoms with Crippen molar-refractivity contribution in [1.82, 2.24) is 10.2 Å². The van der Waals surface area contributed by atoms with Crippen LogP contribution in [0.4, 0.5) is 5.69 Å². The first-order chi connectivity index (χ1) is 21.5. The highest BCUT2D eigenvalue weighted by molar-refractivity contribution is 9.10. The van der Waals surface area contributed by atoms with Gasteiger partial charge in [0.15, 0.2) is 0 Å². The minimum Gasteiger partial charge on any atom is -0.354 e. The average Bonchev–Trinajstić information content (AvgIpc) is 3.03. The van der Waals surface area contributed by atoms with Gasteiger partial charge in [0.1, 0.15) is 12.6 Å². The summed E-state index contributed by atoms with van der Waals surface area (Å²) in [5.41, 5.74) is 3.37. The minimum atomic E-state index is -4.22. The summed E-state index contributed by atoms with van der Waals surface area (Å²) < 4.78 is 30.4. The van der Waals surface area contributed by atoms with Crippen LogP contribution in [0.1, 0.15) is 35.6 Å². The normalized spacial score (nSPS) is 11.9. The molecule has 236 valence electrons. The van der Waals surface area contributed by atoms with Crippen molar-refractivity contribution >= 4 is 55.1 Å². The van der Waals surface area contributed by atoms with Crippen molar-refractivity contribution in [2.45, 2.75) is 51.1 Å². The zero-order valence-corrected chi connectivity index (χ0v) is 28.7. The van der Waals surface area contributed by atoms with Gasteiger partial charge in [0.2, 0.25) is 11.8 Å². The van der Waals surface area contributed by atoms with Crippen LogP contribution in [0.5, 0.6) is 0 Å². The highest BCUT2D eigenvalue weighted by Crippen LogP contribution is 2.31. The van der Waals surface area contributed by atoms with Crippen LogP contribution in [0.25, 0.3) is 0 Å². The van der Waals surface area contributed by atoms with Crippen LogP contribution in [0.3, 0.4) is 0 Å². The first-order valence-corrected chi connectivity index (χ1v) is 17.3. The standard InChI is InChI=1S/C35H37BrClN3O4S/c1-4-21-38-35(42)33(22-27-9-6-5-7-10-27)39(23-28-15-17-29(36)18-16-28)34(41)24-40(32-12-8-11-31(37)26(32)3)45(43,44)30-19-13-25(2)14-20-30/h5-20,33H,4,21-24H2,1-3H3,(H,38,42)/t33-/m0/s1. The Hall–Kier alpha value is -3.66. The van der Waals surface area contributed by atoms with Crippen LogP contribution < -0.4 is 9.62 Å². The Kier molecular flexibility index (Phi) is 11.8. The van der Waals surface area contributed by atoms with Gasteiger partial charge >= 0.3 is 0 Å². The van der Waals surface area contributed by atoms with Gasteiger partial charge in [-0.3, -0.25) is 13.9 Å². The van der Waals surface area contributed by atoms with Crippen molar-refractivity contribution in [2.75, 3.05) is 17.4 Å². The zero-order valence-electron chi connectivity index (χ0n) is 25.5. The van der Waals surface area contributed by atoms with E-state index >= 15 is 0 Å². The number of hydrogen-bond donors (Lipinski definition) is 1. The number of carbonyl (C=O) groups is 2. The number of aryl methyl sites for hydroxylation is 1. The highest BCUT2D eigenvalue weighted by atomic mass is 79.9. The number of sulfonamides is 1. The maximum absolute atomic E-state index is 14.5. The fraction of sp³-hybridized carbons (Fsp3) is 0.257. The van der Waals surface area contributed by atoms with Gasteiger partial charge in [-0.1, -0.05) is 101 Å². The maximum atomic E-state index is 14.5. The lowest BCUT2D eigenvalue weighted by Gasteiger charge is -2.34. The van der Waals surface area contributed by atoms with E-state index in [-0.39, 0.29) is 29.5 Å². The Morgan fingerprint density at radius 2 is 1.53 bits per heavy atom. The molecule has 0 unspecified atom stereocenters. The number of amides is 2. The van der Waals surface area contributed by atoms with Crippen LogP contribution in [-0.2, 0) is 32.6 Å². The molecule has 0 spiro atoms. The van der Waals surface area contributed by atoms with Gasteiger partial charge in [0.05, 0.1) is 10.6 Å². The quantitative estimate of drug-likeness (QED) is 0.161. The molecule has 4 aromatic rings. The van der Waals surface area contributed by atoms with E-state index in [2.05, 4.69) is 21.2 Å². The molecule has 0 saturated carbocycles. The van der Waals surface area contributed by atoms with Crippen LogP contribution in [-0.4, -0.2) is 44.3 Å². The second-order valence-electron chi connectivity index (χ2n) is 10.9. The molecule has 0 heterocycles. The molecule has 0 aliphatic carbocycles. The number of benzene rings is 4. The summed E-state index contributed by atoms with van der Waals surface area (Å²) >= 11 is 9.91. The number of rotatable bonds is 13. The molecule has 4 aromatic carbocycles. The van der Waals surface area contributed by atoms with Gasteiger partial charge in [-0.25, -0.2) is 8.42 Å². The molecule has 1 atom stereocenters. The first-order valence-electron chi connectivity index (χ1n) is 14.7. The lowest BCUT2D eigenvalue weighted by atomic mass is 10.0. The second kappa shape index (κ2) is 15.6. The molecule has 0 aliphatic heterocycles. The molecule has 0 saturated heterocycles. The third-order valence-electron chi connectivity index (χ3n) is 7.48. The van der Waals surface area contributed by atoms with Gasteiger partial charge in [0, 0.05) is 29.0 Å². The summed E-state index contributed by atoms with van der Waals surface area (Å²) in [6.07, 6.45) is 0.973. The predicted molar refractivity (Wildman–Crippen MR) is 184 cm³/mol. The summed E-state index contributed by atoms with van der Waals surface area (Å²) in [4.78, 5) is 29.8. The van der Waals surface area contributed by atoms with E-state index in [0.717, 1.165) is 31.9 Å². The number of hydrogen-bond acceptors (Lipinski definition) is 4. The van der Waals surface area contributed by atoms with Gasteiger partial charge in [-0.05, 0) is 73.4 Å². The van der Waals surface area contributed by atoms with Crippen LogP contribution >= 0.6 is 27.5 Å². The largest absolute Gasteiger partial charge is 0.354 e. The first kappa shape index (κ1) is 34.2. The van der Waals surface area contributed by atoms with E-state index in [1.54, 1.807) is 37.3 Å². The summed E-state index contributed by atoms with van der Waals surface area (Å²) in [5, 5.41) is 3.33. The number of nitrogens with zero attached hydrogens (tertiary/aromatic N) is 2. The van der Waals surface area contributed by atoms with Gasteiger partial charge in [-0.15, -0.1) is 0 Å². The van der Waals surface area contributed by atoms with Crippen molar-refractivity contribution in [1.29, 1.82) is 0 Å². The van der Waals surface area contributed by atoms with Crippen molar-refractivity contribution in [3.8, 4) is 0 Å². The van der Waals surface area contributed by atoms with Crippen LogP contribution in [0, 0.1) is 13.8 Å². The smallest absolute Gasteiger partial charge is 0.264 e. The van der Waals surface area contributed by atoms with Gasteiger partial charge in [0.25, 0.3) is 10.0 Å². The SMILES string of the molecule is CCCNC(=O)[C@H](Cc1ccccc1)N(Cc1ccc(Br)cc1)C(=O)CN(c1cccc(Cl)c1C)S(=O)(=O)c1ccc(C)cc1. The fourth-order valence-corrected chi connectivity index (χ4v) is 6.83. The van der Waals surface area contributed by atoms with Crippen molar-refractivity contribution in [3.63, 3.8) is 0 Å². The molecule has 10 heteroatoms. The van der Waals surface area contributed by atoms with E-state index in [0.29, 0.717) is 17.1 Å². The van der Waals surface area contributed by atoms with Crippen molar-refractivity contribution in [2.24, 2.45) is 0 Å². The molecular weight excluding hydrogens is 674 g/mol. The number of halogens is 2. The Morgan fingerprint density at radius 3 is 2.18 bits per heavy atom. The molecule has 2 amide bonds. The molecule has 0 bridgehead atoms. The Morgan fingerprint density at radius 1 is 0.867 bits per heavy atom. The second-order valence-corrected chi connectivity index (χ2v) is 14.0. The van der Waals surface area contributed by atoms with Crippen molar-refractivity contribution < 1.29 is 18.0 Å². The molecule has 0 aliphatic rings. The zero-order chi connectivity index (χ0) is 32.6. The number of nitrogens with one attached hydrogen (secondary N) is 1. The van der Waals surface area contributed by atoms with E-state index in [1.165, 1.54) is 17.0 Å². The van der Waals surface area contributed by atoms with Gasteiger partial charge < -0.3 is 10.2 Å². The average molecular weight is 711 g/mol. The van der Waals surface area contributed by atoms with Crippen LogP contribution in [0.2, 0.25) is 5.02 Å². The molecule has 45 heavy (non-hydrogen) atoms. The lowest BCUT2D eigenvalue weighted by molar-refractivity contribution is -0.140. The summed E-state index contributed by atoms with van der Waals surface area (Å²) in [7, 11) is -4.22. The third kappa shape index (κ3) is 8.75. The van der Waals surface area contributed by atoms with Crippen LogP contribution in [0.15, 0.2) is 106 Å². The maximum Gasteiger partial charge on any atom is 0.264 e. The summed E-state index contributed by atoms with van der Waals surface area (Å²) in [6.45, 7) is 5.54. The number of anilines is 1. The third-order valence-corrected chi connectivity index (χ3v) is 10.2. The minimum absolute atomic E-state index is 0.0428. The van der Waals surface area contributed by atoms with Gasteiger partial charge in [-0.2, -0.15) is 0 Å². The molecule has 0 aromatic heterocycles. The molecule has 1 N–H and O–H groups in total. The fourth-order valence-electron chi connectivity index (χ4n) is 4.92. The summed E-state index contributed by atoms with van der Waals surface area (Å²) in [5.74, 6) is -0.835. The molecule has 4 rings (SSSR count). The topological polar surface area (TPSA) is 86.8 Å². The lowest BCUT2D eigenvalue weighted by Crippen LogP contribution is -2.53. The molecule has 0 radical (unpaired) electrons. The predicted octanol–water partition coefficient (Wildman–Crippen LogP) is 7.08. The molecular formula is C35H37BrClN3O4S. The van der Waals surface area contributed by atoms with E-state index in [4.69, 9.17) is 11.6 Å². The van der Waals surface area contributed by atoms with E-state index in [9.17, 15) is 18.0 Å². The van der Waals surface area contributed by atoms with E-state index in [1.807, 2.05) is 68.4 Å². The number of carbonyl (C=O) groups excluding carboxylic acids is 2.